The van der Waals surface area contributed by atoms with Gasteiger partial charge >= 0.3 is 0 Å². The third kappa shape index (κ3) is 5.41. The molecule has 0 spiro atoms. The van der Waals surface area contributed by atoms with Crippen molar-refractivity contribution in [2.24, 2.45) is 12.1 Å². The summed E-state index contributed by atoms with van der Waals surface area (Å²) in [6.45, 7) is 0. The molecule has 1 aromatic heterocycles. The zero-order chi connectivity index (χ0) is 19.2. The molecule has 0 bridgehead atoms. The summed E-state index contributed by atoms with van der Waals surface area (Å²) in [6, 6.07) is 15.0. The molecule has 0 fully saturated rings. The van der Waals surface area contributed by atoms with Crippen LogP contribution >= 0.6 is 39.3 Å². The number of amides is 1. The predicted molar refractivity (Wildman–Crippen MR) is 112 cm³/mol. The Morgan fingerprint density at radius 3 is 2.63 bits per heavy atom. The maximum absolute atomic E-state index is 12.0. The first-order chi connectivity index (χ1) is 13.0. The van der Waals surface area contributed by atoms with Crippen LogP contribution in [0.15, 0.2) is 63.3 Å². The first-order valence-corrected chi connectivity index (χ1v) is 10.0. The van der Waals surface area contributed by atoms with E-state index in [1.807, 2.05) is 48.0 Å². The highest BCUT2D eigenvalue weighted by Gasteiger charge is 2.12. The van der Waals surface area contributed by atoms with Crippen molar-refractivity contribution in [3.63, 3.8) is 0 Å². The molecule has 0 saturated carbocycles. The Labute approximate surface area is 174 Å². The van der Waals surface area contributed by atoms with Crippen LogP contribution < -0.4 is 5.43 Å². The monoisotopic (exact) mass is 463 g/mol. The van der Waals surface area contributed by atoms with Gasteiger partial charge in [0.25, 0.3) is 5.91 Å². The number of halogens is 2. The fourth-order valence-electron chi connectivity index (χ4n) is 2.18. The number of thioether (sulfide) groups is 1. The minimum atomic E-state index is -0.218. The molecule has 1 N–H and O–H groups in total. The van der Waals surface area contributed by atoms with Crippen molar-refractivity contribution < 1.29 is 4.79 Å². The smallest absolute Gasteiger partial charge is 0.250 e. The molecule has 2 aromatic carbocycles. The van der Waals surface area contributed by atoms with Crippen LogP contribution in [0.25, 0.3) is 11.4 Å². The molecular formula is C18H15BrClN5OS. The van der Waals surface area contributed by atoms with Gasteiger partial charge in [-0.3, -0.25) is 4.79 Å². The zero-order valence-electron chi connectivity index (χ0n) is 14.3. The maximum atomic E-state index is 12.0. The lowest BCUT2D eigenvalue weighted by Gasteiger charge is -2.04. The second-order valence-electron chi connectivity index (χ2n) is 5.51. The Bertz CT molecular complexity index is 957. The molecule has 9 heteroatoms. The number of hydrogen-bond acceptors (Lipinski definition) is 5. The Morgan fingerprint density at radius 2 is 1.93 bits per heavy atom. The summed E-state index contributed by atoms with van der Waals surface area (Å²) >= 11 is 10.6. The first-order valence-electron chi connectivity index (χ1n) is 7.88. The third-order valence-electron chi connectivity index (χ3n) is 3.54. The highest BCUT2D eigenvalue weighted by molar-refractivity contribution is 9.10. The SMILES string of the molecule is Cn1c(SCC(=O)NN=Cc2ccc(Br)cc2)nnc1-c1ccc(Cl)cc1. The van der Waals surface area contributed by atoms with Crippen LogP contribution in [0.3, 0.4) is 0 Å². The molecule has 0 saturated heterocycles. The lowest BCUT2D eigenvalue weighted by atomic mass is 10.2. The summed E-state index contributed by atoms with van der Waals surface area (Å²) in [5.41, 5.74) is 4.31. The maximum Gasteiger partial charge on any atom is 0.250 e. The highest BCUT2D eigenvalue weighted by atomic mass is 79.9. The number of hydrogen-bond donors (Lipinski definition) is 1. The van der Waals surface area contributed by atoms with Crippen molar-refractivity contribution in [3.05, 3.63) is 63.6 Å². The Balaban J connectivity index is 1.54. The third-order valence-corrected chi connectivity index (χ3v) is 5.34. The molecule has 27 heavy (non-hydrogen) atoms. The van der Waals surface area contributed by atoms with Crippen molar-refractivity contribution in [1.29, 1.82) is 0 Å². The molecule has 138 valence electrons. The number of aromatic nitrogens is 3. The minimum Gasteiger partial charge on any atom is -0.305 e. The van der Waals surface area contributed by atoms with Gasteiger partial charge in [-0.1, -0.05) is 51.4 Å². The van der Waals surface area contributed by atoms with Gasteiger partial charge in [-0.05, 0) is 42.0 Å². The molecule has 1 amide bonds. The van der Waals surface area contributed by atoms with Gasteiger partial charge in [0.05, 0.1) is 12.0 Å². The summed E-state index contributed by atoms with van der Waals surface area (Å²) in [4.78, 5) is 12.0. The molecule has 0 atom stereocenters. The predicted octanol–water partition coefficient (Wildman–Crippen LogP) is 4.14. The number of carbonyl (C=O) groups is 1. The summed E-state index contributed by atoms with van der Waals surface area (Å²) in [7, 11) is 1.86. The van der Waals surface area contributed by atoms with Crippen molar-refractivity contribution in [3.8, 4) is 11.4 Å². The molecule has 0 unspecified atom stereocenters. The van der Waals surface area contributed by atoms with E-state index in [1.165, 1.54) is 11.8 Å². The number of carbonyl (C=O) groups excluding carboxylic acids is 1. The summed E-state index contributed by atoms with van der Waals surface area (Å²) < 4.78 is 2.83. The lowest BCUT2D eigenvalue weighted by molar-refractivity contribution is -0.118. The van der Waals surface area contributed by atoms with E-state index in [0.29, 0.717) is 16.0 Å². The van der Waals surface area contributed by atoms with Crippen LogP contribution in [0.4, 0.5) is 0 Å². The average Bonchev–Trinajstić information content (AvgIpc) is 3.03. The van der Waals surface area contributed by atoms with Crippen molar-refractivity contribution >= 4 is 51.4 Å². The molecule has 3 rings (SSSR count). The van der Waals surface area contributed by atoms with Gasteiger partial charge < -0.3 is 4.57 Å². The normalized spacial score (nSPS) is 11.1. The average molecular weight is 465 g/mol. The lowest BCUT2D eigenvalue weighted by Crippen LogP contribution is -2.19. The van der Waals surface area contributed by atoms with Gasteiger partial charge in [0.15, 0.2) is 11.0 Å². The van der Waals surface area contributed by atoms with Crippen LogP contribution in [0.2, 0.25) is 5.02 Å². The molecule has 0 aliphatic carbocycles. The van der Waals surface area contributed by atoms with Crippen LogP contribution in [-0.2, 0) is 11.8 Å². The highest BCUT2D eigenvalue weighted by Crippen LogP contribution is 2.23. The van der Waals surface area contributed by atoms with E-state index in [-0.39, 0.29) is 11.7 Å². The molecule has 3 aromatic rings. The zero-order valence-corrected chi connectivity index (χ0v) is 17.4. The van der Waals surface area contributed by atoms with Gasteiger partial charge in [0, 0.05) is 22.1 Å². The molecule has 1 heterocycles. The first kappa shape index (κ1) is 19.6. The van der Waals surface area contributed by atoms with E-state index in [0.717, 1.165) is 15.6 Å². The van der Waals surface area contributed by atoms with Gasteiger partial charge in [-0.2, -0.15) is 5.10 Å². The van der Waals surface area contributed by atoms with Crippen LogP contribution in [0.1, 0.15) is 5.56 Å². The van der Waals surface area contributed by atoms with E-state index in [2.05, 4.69) is 36.7 Å². The number of rotatable bonds is 6. The van der Waals surface area contributed by atoms with Crippen LogP contribution in [0, 0.1) is 0 Å². The van der Waals surface area contributed by atoms with E-state index in [1.54, 1.807) is 18.3 Å². The van der Waals surface area contributed by atoms with Crippen molar-refractivity contribution in [2.45, 2.75) is 5.16 Å². The number of hydrazone groups is 1. The van der Waals surface area contributed by atoms with Crippen molar-refractivity contribution in [1.82, 2.24) is 20.2 Å². The minimum absolute atomic E-state index is 0.185. The fraction of sp³-hybridized carbons (Fsp3) is 0.111. The Hall–Kier alpha value is -2.16. The summed E-state index contributed by atoms with van der Waals surface area (Å²) in [5, 5.41) is 13.6. The molecule has 0 radical (unpaired) electrons. The standard InChI is InChI=1S/C18H15BrClN5OS/c1-25-17(13-4-8-15(20)9-5-13)23-24-18(25)27-11-16(26)22-21-10-12-2-6-14(19)7-3-12/h2-10H,11H2,1H3,(H,22,26). The van der Waals surface area contributed by atoms with E-state index >= 15 is 0 Å². The van der Waals surface area contributed by atoms with Crippen molar-refractivity contribution in [2.75, 3.05) is 5.75 Å². The van der Waals surface area contributed by atoms with E-state index in [9.17, 15) is 4.79 Å². The molecular weight excluding hydrogens is 450 g/mol. The van der Waals surface area contributed by atoms with Gasteiger partial charge in [0.2, 0.25) is 0 Å². The van der Waals surface area contributed by atoms with E-state index in [4.69, 9.17) is 11.6 Å². The summed E-state index contributed by atoms with van der Waals surface area (Å²) in [5.74, 6) is 0.678. The van der Waals surface area contributed by atoms with Crippen LogP contribution in [0.5, 0.6) is 0 Å². The van der Waals surface area contributed by atoms with Gasteiger partial charge in [-0.25, -0.2) is 5.43 Å². The fourth-order valence-corrected chi connectivity index (χ4v) is 3.27. The second kappa shape index (κ2) is 9.16. The quantitative estimate of drug-likeness (QED) is 0.338. The Kier molecular flexibility index (Phi) is 6.65. The van der Waals surface area contributed by atoms with Crippen LogP contribution in [-0.4, -0.2) is 32.6 Å². The van der Waals surface area contributed by atoms with E-state index < -0.39 is 0 Å². The summed E-state index contributed by atoms with van der Waals surface area (Å²) in [6.07, 6.45) is 1.59. The number of nitrogens with zero attached hydrogens (tertiary/aromatic N) is 4. The molecule has 0 aliphatic rings. The van der Waals surface area contributed by atoms with Gasteiger partial charge in [-0.15, -0.1) is 10.2 Å². The topological polar surface area (TPSA) is 72.2 Å². The van der Waals surface area contributed by atoms with Gasteiger partial charge in [0.1, 0.15) is 0 Å². The molecule has 6 nitrogen and oxygen atoms in total. The molecule has 0 aliphatic heterocycles. The number of benzene rings is 2. The largest absolute Gasteiger partial charge is 0.305 e. The number of nitrogens with one attached hydrogen (secondary N) is 1. The second-order valence-corrected chi connectivity index (χ2v) is 7.80. The Morgan fingerprint density at radius 1 is 1.22 bits per heavy atom.